The number of ether oxygens (including phenoxy) is 1. The molecule has 2 heterocycles. The molecular formula is C25H26N4O3. The highest BCUT2D eigenvalue weighted by atomic mass is 16.5. The topological polar surface area (TPSA) is 82.2 Å². The number of aryl methyl sites for hydroxylation is 3. The highest BCUT2D eigenvalue weighted by molar-refractivity contribution is 6.04. The van der Waals surface area contributed by atoms with Crippen molar-refractivity contribution in [1.82, 2.24) is 14.9 Å². The molecule has 0 unspecified atom stereocenters. The minimum atomic E-state index is -0.351. The number of aromatic nitrogens is 3. The molecule has 0 bridgehead atoms. The van der Waals surface area contributed by atoms with E-state index in [1.165, 1.54) is 0 Å². The number of rotatable bonds is 7. The van der Waals surface area contributed by atoms with Gasteiger partial charge in [0.1, 0.15) is 18.1 Å². The van der Waals surface area contributed by atoms with Gasteiger partial charge in [0.25, 0.3) is 5.91 Å². The largest absolute Gasteiger partial charge is 0.488 e. The van der Waals surface area contributed by atoms with Gasteiger partial charge in [-0.2, -0.15) is 5.10 Å². The van der Waals surface area contributed by atoms with Crippen LogP contribution in [-0.4, -0.2) is 20.8 Å². The summed E-state index contributed by atoms with van der Waals surface area (Å²) in [6, 6.07) is 17.8. The molecule has 0 aliphatic rings. The van der Waals surface area contributed by atoms with Crippen LogP contribution in [0.2, 0.25) is 0 Å². The maximum atomic E-state index is 13.1. The summed E-state index contributed by atoms with van der Waals surface area (Å²) in [6.45, 7) is 8.38. The Morgan fingerprint density at radius 3 is 2.50 bits per heavy atom. The number of hydrogen-bond donors (Lipinski definition) is 1. The third kappa shape index (κ3) is 4.42. The molecule has 1 amide bonds. The first-order chi connectivity index (χ1) is 15.4. The van der Waals surface area contributed by atoms with E-state index < -0.39 is 0 Å². The Bertz CT molecular complexity index is 1240. The third-order valence-corrected chi connectivity index (χ3v) is 5.46. The van der Waals surface area contributed by atoms with E-state index in [1.54, 1.807) is 6.92 Å². The number of nitrogens with one attached hydrogen (secondary N) is 1. The van der Waals surface area contributed by atoms with Gasteiger partial charge < -0.3 is 14.6 Å². The van der Waals surface area contributed by atoms with Gasteiger partial charge in [-0.25, -0.2) is 0 Å². The number of amides is 1. The molecule has 0 saturated carbocycles. The summed E-state index contributed by atoms with van der Waals surface area (Å²) in [5.41, 5.74) is 5.28. The number of benzene rings is 2. The lowest BCUT2D eigenvalue weighted by Crippen LogP contribution is -2.16. The molecule has 0 radical (unpaired) electrons. The number of anilines is 1. The van der Waals surface area contributed by atoms with Crippen LogP contribution in [0, 0.1) is 27.7 Å². The number of carbonyl (C=O) groups excluding carboxylic acids is 1. The van der Waals surface area contributed by atoms with Crippen molar-refractivity contribution in [3.63, 3.8) is 0 Å². The average molecular weight is 431 g/mol. The van der Waals surface area contributed by atoms with Crippen molar-refractivity contribution in [2.75, 3.05) is 5.32 Å². The molecule has 7 nitrogen and oxygen atoms in total. The minimum absolute atomic E-state index is 0.189. The molecular weight excluding hydrogens is 404 g/mol. The van der Waals surface area contributed by atoms with Crippen LogP contribution in [0.25, 0.3) is 0 Å². The lowest BCUT2D eigenvalue weighted by Gasteiger charge is -2.10. The lowest BCUT2D eigenvalue weighted by molar-refractivity contribution is 0.101. The molecule has 1 N–H and O–H groups in total. The molecule has 7 heteroatoms. The van der Waals surface area contributed by atoms with Crippen LogP contribution < -0.4 is 10.1 Å². The molecule has 0 fully saturated rings. The zero-order valence-corrected chi connectivity index (χ0v) is 18.7. The number of hydrogen-bond acceptors (Lipinski definition) is 5. The Hall–Kier alpha value is -3.87. The van der Waals surface area contributed by atoms with E-state index in [4.69, 9.17) is 9.26 Å². The van der Waals surface area contributed by atoms with Crippen LogP contribution in [0.3, 0.4) is 0 Å². The van der Waals surface area contributed by atoms with Crippen molar-refractivity contribution in [2.24, 2.45) is 0 Å². The highest BCUT2D eigenvalue weighted by Gasteiger charge is 2.23. The van der Waals surface area contributed by atoms with Crippen LogP contribution >= 0.6 is 0 Å². The van der Waals surface area contributed by atoms with Gasteiger partial charge in [0, 0.05) is 0 Å². The molecule has 2 aromatic carbocycles. The predicted molar refractivity (Wildman–Crippen MR) is 122 cm³/mol. The van der Waals surface area contributed by atoms with Gasteiger partial charge in [-0.15, -0.1) is 0 Å². The van der Waals surface area contributed by atoms with Gasteiger partial charge in [-0.1, -0.05) is 53.7 Å². The fourth-order valence-electron chi connectivity index (χ4n) is 3.57. The smallest absolute Gasteiger partial charge is 0.278 e. The molecule has 0 atom stereocenters. The van der Waals surface area contributed by atoms with Crippen molar-refractivity contribution >= 4 is 11.6 Å². The van der Waals surface area contributed by atoms with E-state index in [0.29, 0.717) is 23.6 Å². The standard InChI is InChI=1S/C25H26N4O3/c1-16-10-8-9-13-22(16)31-15-21-19(4)32-28-24(21)25(30)26-23-17(2)27-29(18(23)3)14-20-11-6-5-7-12-20/h5-13H,14-15H2,1-4H3,(H,26,30). The summed E-state index contributed by atoms with van der Waals surface area (Å²) >= 11 is 0. The summed E-state index contributed by atoms with van der Waals surface area (Å²) < 4.78 is 13.1. The Morgan fingerprint density at radius 1 is 1.03 bits per heavy atom. The normalized spacial score (nSPS) is 10.9. The average Bonchev–Trinajstić information content (AvgIpc) is 3.28. The maximum Gasteiger partial charge on any atom is 0.278 e. The first-order valence-electron chi connectivity index (χ1n) is 10.5. The van der Waals surface area contributed by atoms with E-state index in [0.717, 1.165) is 28.3 Å². The highest BCUT2D eigenvalue weighted by Crippen LogP contribution is 2.24. The summed E-state index contributed by atoms with van der Waals surface area (Å²) in [7, 11) is 0. The number of carbonyl (C=O) groups is 1. The first kappa shape index (κ1) is 21.4. The van der Waals surface area contributed by atoms with Crippen LogP contribution in [0.5, 0.6) is 5.75 Å². The fraction of sp³-hybridized carbons (Fsp3) is 0.240. The Labute approximate surface area is 187 Å². The van der Waals surface area contributed by atoms with Crippen molar-refractivity contribution in [3.05, 3.63) is 94.1 Å². The summed E-state index contributed by atoms with van der Waals surface area (Å²) in [5, 5.41) is 11.5. The Morgan fingerprint density at radius 2 is 1.75 bits per heavy atom. The quantitative estimate of drug-likeness (QED) is 0.447. The number of para-hydroxylation sites is 1. The van der Waals surface area contributed by atoms with Crippen molar-refractivity contribution < 1.29 is 14.1 Å². The molecule has 4 aromatic rings. The minimum Gasteiger partial charge on any atom is -0.488 e. The number of nitrogens with zero attached hydrogens (tertiary/aromatic N) is 3. The predicted octanol–water partition coefficient (Wildman–Crippen LogP) is 4.98. The van der Waals surface area contributed by atoms with E-state index in [-0.39, 0.29) is 18.2 Å². The molecule has 0 aliphatic carbocycles. The second-order valence-electron chi connectivity index (χ2n) is 7.76. The Balaban J connectivity index is 1.52. The summed E-state index contributed by atoms with van der Waals surface area (Å²) in [4.78, 5) is 13.1. The zero-order valence-electron chi connectivity index (χ0n) is 18.7. The molecule has 164 valence electrons. The van der Waals surface area contributed by atoms with Crippen LogP contribution in [0.1, 0.15) is 44.3 Å². The lowest BCUT2D eigenvalue weighted by atomic mass is 10.2. The first-order valence-corrected chi connectivity index (χ1v) is 10.5. The van der Waals surface area contributed by atoms with Gasteiger partial charge in [0.05, 0.1) is 29.2 Å². The van der Waals surface area contributed by atoms with Gasteiger partial charge in [-0.3, -0.25) is 9.48 Å². The monoisotopic (exact) mass is 430 g/mol. The maximum absolute atomic E-state index is 13.1. The molecule has 4 rings (SSSR count). The molecule has 2 aromatic heterocycles. The van der Waals surface area contributed by atoms with Gasteiger partial charge in [0.2, 0.25) is 0 Å². The van der Waals surface area contributed by atoms with E-state index in [2.05, 4.69) is 15.6 Å². The van der Waals surface area contributed by atoms with E-state index >= 15 is 0 Å². The van der Waals surface area contributed by atoms with Crippen molar-refractivity contribution in [2.45, 2.75) is 40.8 Å². The SMILES string of the molecule is Cc1ccccc1OCc1c(C(=O)Nc2c(C)nn(Cc3ccccc3)c2C)noc1C. The molecule has 0 saturated heterocycles. The summed E-state index contributed by atoms with van der Waals surface area (Å²) in [6.07, 6.45) is 0. The van der Waals surface area contributed by atoms with Crippen LogP contribution in [0.15, 0.2) is 59.1 Å². The zero-order chi connectivity index (χ0) is 22.7. The van der Waals surface area contributed by atoms with E-state index in [9.17, 15) is 4.79 Å². The van der Waals surface area contributed by atoms with Crippen molar-refractivity contribution in [1.29, 1.82) is 0 Å². The van der Waals surface area contributed by atoms with Crippen LogP contribution in [-0.2, 0) is 13.2 Å². The van der Waals surface area contributed by atoms with Crippen molar-refractivity contribution in [3.8, 4) is 5.75 Å². The fourth-order valence-corrected chi connectivity index (χ4v) is 3.57. The van der Waals surface area contributed by atoms with Crippen LogP contribution in [0.4, 0.5) is 5.69 Å². The second-order valence-corrected chi connectivity index (χ2v) is 7.76. The molecule has 0 spiro atoms. The Kier molecular flexibility index (Phi) is 6.07. The third-order valence-electron chi connectivity index (χ3n) is 5.46. The van der Waals surface area contributed by atoms with Gasteiger partial charge in [-0.05, 0) is 44.9 Å². The van der Waals surface area contributed by atoms with E-state index in [1.807, 2.05) is 80.1 Å². The molecule has 0 aliphatic heterocycles. The second kappa shape index (κ2) is 9.09. The molecule has 32 heavy (non-hydrogen) atoms. The van der Waals surface area contributed by atoms with Gasteiger partial charge >= 0.3 is 0 Å². The van der Waals surface area contributed by atoms with Gasteiger partial charge in [0.15, 0.2) is 5.69 Å². The summed E-state index contributed by atoms with van der Waals surface area (Å²) in [5.74, 6) is 0.959.